The number of aryl methyl sites for hydroxylation is 4. The first-order valence-electron chi connectivity index (χ1n) is 9.25. The first-order chi connectivity index (χ1) is 13.3. The van der Waals surface area contributed by atoms with Crippen LogP contribution in [0.4, 0.5) is 4.39 Å². The Morgan fingerprint density at radius 1 is 1.14 bits per heavy atom. The van der Waals surface area contributed by atoms with Gasteiger partial charge in [-0.25, -0.2) is 9.37 Å². The molecule has 28 heavy (non-hydrogen) atoms. The van der Waals surface area contributed by atoms with Crippen LogP contribution in [-0.2, 0) is 6.42 Å². The highest BCUT2D eigenvalue weighted by atomic mass is 19.1. The Labute approximate surface area is 163 Å². The number of aromatic amines is 1. The van der Waals surface area contributed by atoms with Gasteiger partial charge in [-0.1, -0.05) is 0 Å². The Morgan fingerprint density at radius 3 is 2.64 bits per heavy atom. The molecule has 0 radical (unpaired) electrons. The van der Waals surface area contributed by atoms with E-state index in [1.54, 1.807) is 12.3 Å². The third-order valence-corrected chi connectivity index (χ3v) is 4.68. The van der Waals surface area contributed by atoms with Crippen LogP contribution in [-0.4, -0.2) is 32.6 Å². The third kappa shape index (κ3) is 4.42. The van der Waals surface area contributed by atoms with Gasteiger partial charge in [-0.2, -0.15) is 5.10 Å². The molecule has 1 aromatic carbocycles. The van der Waals surface area contributed by atoms with Gasteiger partial charge in [0.15, 0.2) is 0 Å². The number of halogens is 1. The lowest BCUT2D eigenvalue weighted by atomic mass is 10.0. The van der Waals surface area contributed by atoms with Crippen LogP contribution in [0.25, 0.3) is 11.3 Å². The van der Waals surface area contributed by atoms with Gasteiger partial charge in [0.25, 0.3) is 5.91 Å². The fraction of sp³-hybridized carbons (Fsp3) is 0.333. The quantitative estimate of drug-likeness (QED) is 0.639. The van der Waals surface area contributed by atoms with Crippen LogP contribution in [0.1, 0.15) is 45.1 Å². The second kappa shape index (κ2) is 8.29. The normalized spacial score (nSPS) is 10.9. The lowest BCUT2D eigenvalue weighted by Crippen LogP contribution is -2.25. The molecule has 0 spiro atoms. The Balaban J connectivity index is 1.68. The highest BCUT2D eigenvalue weighted by Gasteiger charge is 2.13. The smallest absolute Gasteiger partial charge is 0.251 e. The molecular weight excluding hydrogens is 357 g/mol. The molecule has 2 N–H and O–H groups in total. The van der Waals surface area contributed by atoms with Gasteiger partial charge in [0.2, 0.25) is 0 Å². The van der Waals surface area contributed by atoms with Gasteiger partial charge in [0.05, 0.1) is 22.8 Å². The number of carbonyl (C=O) groups is 1. The molecule has 0 fully saturated rings. The molecule has 0 saturated carbocycles. The van der Waals surface area contributed by atoms with Crippen molar-refractivity contribution in [2.75, 3.05) is 6.54 Å². The maximum Gasteiger partial charge on any atom is 0.251 e. The van der Waals surface area contributed by atoms with Crippen molar-refractivity contribution >= 4 is 5.91 Å². The average Bonchev–Trinajstić information content (AvgIpc) is 2.98. The number of H-pyrrole nitrogens is 1. The molecule has 3 aromatic rings. The number of nitrogens with zero attached hydrogens (tertiary/aromatic N) is 3. The summed E-state index contributed by atoms with van der Waals surface area (Å²) in [7, 11) is 0. The zero-order valence-electron chi connectivity index (χ0n) is 16.6. The molecule has 2 heterocycles. The first kappa shape index (κ1) is 19.7. The monoisotopic (exact) mass is 381 g/mol. The molecule has 0 bridgehead atoms. The lowest BCUT2D eigenvalue weighted by Gasteiger charge is -2.09. The van der Waals surface area contributed by atoms with Crippen LogP contribution in [0, 0.1) is 33.5 Å². The summed E-state index contributed by atoms with van der Waals surface area (Å²) in [5.41, 5.74) is 6.03. The van der Waals surface area contributed by atoms with E-state index in [0.29, 0.717) is 23.5 Å². The second-order valence-corrected chi connectivity index (χ2v) is 6.95. The van der Waals surface area contributed by atoms with Crippen LogP contribution in [0.3, 0.4) is 0 Å². The molecule has 0 aliphatic rings. The van der Waals surface area contributed by atoms with E-state index in [-0.39, 0.29) is 11.5 Å². The predicted molar refractivity (Wildman–Crippen MR) is 106 cm³/mol. The van der Waals surface area contributed by atoms with Crippen LogP contribution < -0.4 is 5.32 Å². The lowest BCUT2D eigenvalue weighted by molar-refractivity contribution is 0.0953. The summed E-state index contributed by atoms with van der Waals surface area (Å²) in [6, 6.07) is 4.26. The maximum atomic E-state index is 14.1. The minimum Gasteiger partial charge on any atom is -0.352 e. The third-order valence-electron chi connectivity index (χ3n) is 4.68. The number of rotatable bonds is 6. The molecule has 0 aliphatic carbocycles. The highest BCUT2D eigenvalue weighted by Crippen LogP contribution is 2.23. The summed E-state index contributed by atoms with van der Waals surface area (Å²) >= 11 is 0. The second-order valence-electron chi connectivity index (χ2n) is 6.95. The molecule has 0 atom stereocenters. The molecule has 3 rings (SSSR count). The zero-order chi connectivity index (χ0) is 20.3. The van der Waals surface area contributed by atoms with Gasteiger partial charge in [0, 0.05) is 29.6 Å². The van der Waals surface area contributed by atoms with Gasteiger partial charge in [-0.15, -0.1) is 0 Å². The molecule has 0 saturated heterocycles. The SMILES string of the molecule is Cc1cnc(C)c(-c2cc(F)cc(C(=O)NCCCc3c(C)n[nH]c3C)c2)n1. The number of carbonyl (C=O) groups excluding carboxylic acids is 1. The minimum atomic E-state index is -0.477. The Kier molecular flexibility index (Phi) is 5.82. The van der Waals surface area contributed by atoms with Gasteiger partial charge in [0.1, 0.15) is 5.82 Å². The van der Waals surface area contributed by atoms with Crippen LogP contribution in [0.15, 0.2) is 24.4 Å². The van der Waals surface area contributed by atoms with Crippen molar-refractivity contribution in [2.24, 2.45) is 0 Å². The number of amides is 1. The van der Waals surface area contributed by atoms with E-state index in [2.05, 4.69) is 25.5 Å². The van der Waals surface area contributed by atoms with E-state index in [1.807, 2.05) is 27.7 Å². The number of benzene rings is 1. The van der Waals surface area contributed by atoms with Gasteiger partial charge >= 0.3 is 0 Å². The summed E-state index contributed by atoms with van der Waals surface area (Å²) in [5.74, 6) is -0.783. The number of hydrogen-bond acceptors (Lipinski definition) is 4. The fourth-order valence-corrected chi connectivity index (χ4v) is 3.18. The molecule has 0 aliphatic heterocycles. The molecule has 0 unspecified atom stereocenters. The van der Waals surface area contributed by atoms with E-state index in [4.69, 9.17) is 0 Å². The van der Waals surface area contributed by atoms with Crippen molar-refractivity contribution in [1.29, 1.82) is 0 Å². The van der Waals surface area contributed by atoms with Crippen molar-refractivity contribution < 1.29 is 9.18 Å². The first-order valence-corrected chi connectivity index (χ1v) is 9.25. The summed E-state index contributed by atoms with van der Waals surface area (Å²) in [6.45, 7) is 8.08. The number of aromatic nitrogens is 4. The van der Waals surface area contributed by atoms with Gasteiger partial charge in [-0.3, -0.25) is 14.9 Å². The van der Waals surface area contributed by atoms with Crippen LogP contribution in [0.2, 0.25) is 0 Å². The standard InChI is InChI=1S/C21H24FN5O/c1-12-11-24-15(4)20(25-12)16-8-17(10-18(22)9-16)21(28)23-7-5-6-19-13(2)26-27-14(19)3/h8-11H,5-7H2,1-4H3,(H,23,28)(H,26,27). The summed E-state index contributed by atoms with van der Waals surface area (Å²) in [4.78, 5) is 21.2. The average molecular weight is 381 g/mol. The van der Waals surface area contributed by atoms with Crippen LogP contribution >= 0.6 is 0 Å². The molecule has 146 valence electrons. The highest BCUT2D eigenvalue weighted by molar-refractivity contribution is 5.95. The fourth-order valence-electron chi connectivity index (χ4n) is 3.18. The Morgan fingerprint density at radius 2 is 1.93 bits per heavy atom. The van der Waals surface area contributed by atoms with Gasteiger partial charge in [-0.05, 0) is 64.3 Å². The zero-order valence-corrected chi connectivity index (χ0v) is 16.6. The van der Waals surface area contributed by atoms with Crippen molar-refractivity contribution in [3.05, 3.63) is 64.1 Å². The summed E-state index contributed by atoms with van der Waals surface area (Å²) in [5, 5.41) is 9.99. The molecule has 2 aromatic heterocycles. The van der Waals surface area contributed by atoms with Crippen molar-refractivity contribution in [2.45, 2.75) is 40.5 Å². The summed E-state index contributed by atoms with van der Waals surface area (Å²) in [6.07, 6.45) is 3.26. The van der Waals surface area contributed by atoms with Crippen molar-refractivity contribution in [3.63, 3.8) is 0 Å². The number of nitrogens with one attached hydrogen (secondary N) is 2. The Hall–Kier alpha value is -3.09. The topological polar surface area (TPSA) is 83.6 Å². The molecule has 1 amide bonds. The summed E-state index contributed by atoms with van der Waals surface area (Å²) < 4.78 is 14.1. The van der Waals surface area contributed by atoms with Crippen molar-refractivity contribution in [1.82, 2.24) is 25.5 Å². The molecular formula is C21H24FN5O. The van der Waals surface area contributed by atoms with E-state index in [1.165, 1.54) is 17.7 Å². The molecule has 6 nitrogen and oxygen atoms in total. The van der Waals surface area contributed by atoms with E-state index in [9.17, 15) is 9.18 Å². The predicted octanol–water partition coefficient (Wildman–Crippen LogP) is 3.60. The van der Waals surface area contributed by atoms with Crippen LogP contribution in [0.5, 0.6) is 0 Å². The minimum absolute atomic E-state index is 0.272. The largest absolute Gasteiger partial charge is 0.352 e. The van der Waals surface area contributed by atoms with E-state index < -0.39 is 5.82 Å². The van der Waals surface area contributed by atoms with E-state index in [0.717, 1.165) is 29.9 Å². The van der Waals surface area contributed by atoms with Crippen molar-refractivity contribution in [3.8, 4) is 11.3 Å². The van der Waals surface area contributed by atoms with E-state index >= 15 is 0 Å². The molecule has 7 heteroatoms. The maximum absolute atomic E-state index is 14.1. The number of hydrogen-bond donors (Lipinski definition) is 2. The van der Waals surface area contributed by atoms with Gasteiger partial charge < -0.3 is 5.32 Å². The Bertz CT molecular complexity index is 993.